The highest BCUT2D eigenvalue weighted by Gasteiger charge is 2.22. The molecule has 0 aromatic carbocycles. The summed E-state index contributed by atoms with van der Waals surface area (Å²) in [7, 11) is 0. The van der Waals surface area contributed by atoms with Crippen LogP contribution in [0.25, 0.3) is 0 Å². The summed E-state index contributed by atoms with van der Waals surface area (Å²) < 4.78 is 2.64. The molecule has 1 saturated carbocycles. The van der Waals surface area contributed by atoms with E-state index in [4.69, 9.17) is 5.26 Å². The van der Waals surface area contributed by atoms with Gasteiger partial charge in [-0.15, -0.1) is 0 Å². The third-order valence-electron chi connectivity index (χ3n) is 1.97. The van der Waals surface area contributed by atoms with E-state index in [1.807, 2.05) is 16.9 Å². The Morgan fingerprint density at radius 1 is 1.75 bits per heavy atom. The Hall–Kier alpha value is -0.820. The molecule has 62 valence electrons. The summed E-state index contributed by atoms with van der Waals surface area (Å²) in [5.74, 6) is 0.795. The molecule has 12 heavy (non-hydrogen) atoms. The first-order valence-electron chi connectivity index (χ1n) is 3.92. The summed E-state index contributed by atoms with van der Waals surface area (Å²) in [5, 5.41) is 12.7. The fourth-order valence-corrected chi connectivity index (χ4v) is 1.54. The van der Waals surface area contributed by atoms with Crippen molar-refractivity contribution in [2.75, 3.05) is 0 Å². The van der Waals surface area contributed by atoms with E-state index in [9.17, 15) is 0 Å². The predicted octanol–water partition coefficient (Wildman–Crippen LogP) is 1.93. The van der Waals surface area contributed by atoms with Gasteiger partial charge in [-0.3, -0.25) is 4.68 Å². The van der Waals surface area contributed by atoms with Crippen molar-refractivity contribution in [3.05, 3.63) is 16.4 Å². The van der Waals surface area contributed by atoms with E-state index in [-0.39, 0.29) is 0 Å². The number of hydrogen-bond donors (Lipinski definition) is 0. The van der Waals surface area contributed by atoms with Crippen molar-refractivity contribution in [1.82, 2.24) is 9.78 Å². The second kappa shape index (κ2) is 2.91. The fraction of sp³-hybridized carbons (Fsp3) is 0.500. The average Bonchev–Trinajstić information content (AvgIpc) is 2.76. The minimum atomic E-state index is 0.482. The number of nitriles is 1. The molecule has 3 nitrogen and oxygen atoms in total. The lowest BCUT2D eigenvalue weighted by Gasteiger charge is -1.95. The molecule has 1 heterocycles. The van der Waals surface area contributed by atoms with Crippen molar-refractivity contribution in [2.45, 2.75) is 19.4 Å². The van der Waals surface area contributed by atoms with Gasteiger partial charge in [0, 0.05) is 12.7 Å². The maximum atomic E-state index is 8.63. The third-order valence-corrected chi connectivity index (χ3v) is 2.55. The van der Waals surface area contributed by atoms with Crippen molar-refractivity contribution < 1.29 is 0 Å². The average molecular weight is 226 g/mol. The molecule has 0 saturated heterocycles. The van der Waals surface area contributed by atoms with Crippen molar-refractivity contribution in [2.24, 2.45) is 5.92 Å². The third kappa shape index (κ3) is 1.51. The SMILES string of the molecule is N#Cc1nn(CC2CC2)cc1Br. The molecule has 1 fully saturated rings. The zero-order valence-electron chi connectivity index (χ0n) is 6.50. The Morgan fingerprint density at radius 3 is 3.00 bits per heavy atom. The minimum absolute atomic E-state index is 0.482. The van der Waals surface area contributed by atoms with Crippen molar-refractivity contribution in [3.63, 3.8) is 0 Å². The van der Waals surface area contributed by atoms with E-state index in [0.717, 1.165) is 16.9 Å². The minimum Gasteiger partial charge on any atom is -0.270 e. The molecule has 0 atom stereocenters. The normalized spacial score (nSPS) is 16.0. The summed E-state index contributed by atoms with van der Waals surface area (Å²) in [6.45, 7) is 0.959. The van der Waals surface area contributed by atoms with Gasteiger partial charge >= 0.3 is 0 Å². The lowest BCUT2D eigenvalue weighted by atomic mass is 10.4. The largest absolute Gasteiger partial charge is 0.270 e. The Labute approximate surface area is 79.1 Å². The van der Waals surface area contributed by atoms with Gasteiger partial charge in [-0.1, -0.05) is 0 Å². The van der Waals surface area contributed by atoms with Crippen LogP contribution in [0.2, 0.25) is 0 Å². The van der Waals surface area contributed by atoms with Gasteiger partial charge in [-0.25, -0.2) is 0 Å². The highest BCUT2D eigenvalue weighted by atomic mass is 79.9. The molecule has 0 amide bonds. The molecule has 0 N–H and O–H groups in total. The molecule has 0 bridgehead atoms. The van der Waals surface area contributed by atoms with E-state index < -0.39 is 0 Å². The van der Waals surface area contributed by atoms with Crippen LogP contribution in [0.4, 0.5) is 0 Å². The predicted molar refractivity (Wildman–Crippen MR) is 47.4 cm³/mol. The van der Waals surface area contributed by atoms with Gasteiger partial charge in [0.25, 0.3) is 0 Å². The monoisotopic (exact) mass is 225 g/mol. The van der Waals surface area contributed by atoms with Crippen LogP contribution in [0.15, 0.2) is 10.7 Å². The second-order valence-electron chi connectivity index (χ2n) is 3.10. The molecule has 1 aromatic rings. The first-order chi connectivity index (χ1) is 5.79. The van der Waals surface area contributed by atoms with E-state index >= 15 is 0 Å². The Morgan fingerprint density at radius 2 is 2.50 bits per heavy atom. The number of aromatic nitrogens is 2. The van der Waals surface area contributed by atoms with Crippen LogP contribution in [0.1, 0.15) is 18.5 Å². The zero-order valence-corrected chi connectivity index (χ0v) is 8.08. The first kappa shape index (κ1) is 7.81. The van der Waals surface area contributed by atoms with Crippen LogP contribution in [0.5, 0.6) is 0 Å². The molecule has 4 heteroatoms. The first-order valence-corrected chi connectivity index (χ1v) is 4.72. The molecule has 0 aliphatic heterocycles. The van der Waals surface area contributed by atoms with Crippen molar-refractivity contribution >= 4 is 15.9 Å². The van der Waals surface area contributed by atoms with Gasteiger partial charge in [0.1, 0.15) is 6.07 Å². The molecule has 0 radical (unpaired) electrons. The summed E-state index contributed by atoms with van der Waals surface area (Å²) in [5.41, 5.74) is 0.482. The van der Waals surface area contributed by atoms with E-state index in [0.29, 0.717) is 5.69 Å². The van der Waals surface area contributed by atoms with Crippen LogP contribution in [-0.2, 0) is 6.54 Å². The molecule has 1 aliphatic carbocycles. The van der Waals surface area contributed by atoms with Crippen molar-refractivity contribution in [1.29, 1.82) is 5.26 Å². The number of rotatable bonds is 2. The van der Waals surface area contributed by atoms with Gasteiger partial charge in [0.05, 0.1) is 4.47 Å². The molecule has 1 aliphatic rings. The lowest BCUT2D eigenvalue weighted by molar-refractivity contribution is 0.561. The highest BCUT2D eigenvalue weighted by molar-refractivity contribution is 9.10. The maximum absolute atomic E-state index is 8.63. The van der Waals surface area contributed by atoms with Gasteiger partial charge in [0.2, 0.25) is 0 Å². The van der Waals surface area contributed by atoms with E-state index in [2.05, 4.69) is 21.0 Å². The van der Waals surface area contributed by atoms with E-state index in [1.165, 1.54) is 12.8 Å². The summed E-state index contributed by atoms with van der Waals surface area (Å²) in [4.78, 5) is 0. The Balaban J connectivity index is 2.16. The number of hydrogen-bond acceptors (Lipinski definition) is 2. The highest BCUT2D eigenvalue weighted by Crippen LogP contribution is 2.30. The van der Waals surface area contributed by atoms with Gasteiger partial charge < -0.3 is 0 Å². The molecular weight excluding hydrogens is 218 g/mol. The molecular formula is C8H8BrN3. The molecule has 0 unspecified atom stereocenters. The van der Waals surface area contributed by atoms with Crippen LogP contribution in [-0.4, -0.2) is 9.78 Å². The smallest absolute Gasteiger partial charge is 0.176 e. The van der Waals surface area contributed by atoms with E-state index in [1.54, 1.807) is 0 Å². The standard InChI is InChI=1S/C8H8BrN3/c9-7-5-12(4-6-1-2-6)11-8(7)3-10/h5-6H,1-2,4H2. The quantitative estimate of drug-likeness (QED) is 0.773. The van der Waals surface area contributed by atoms with Gasteiger partial charge in [-0.2, -0.15) is 10.4 Å². The van der Waals surface area contributed by atoms with Crippen LogP contribution in [0.3, 0.4) is 0 Å². The van der Waals surface area contributed by atoms with Crippen LogP contribution >= 0.6 is 15.9 Å². The fourth-order valence-electron chi connectivity index (χ4n) is 1.13. The summed E-state index contributed by atoms with van der Waals surface area (Å²) >= 11 is 3.28. The lowest BCUT2D eigenvalue weighted by Crippen LogP contribution is -1.99. The number of halogens is 1. The maximum Gasteiger partial charge on any atom is 0.176 e. The topological polar surface area (TPSA) is 41.6 Å². The van der Waals surface area contributed by atoms with Gasteiger partial charge in [-0.05, 0) is 34.7 Å². The molecule has 2 rings (SSSR count). The Kier molecular flexibility index (Phi) is 1.89. The van der Waals surface area contributed by atoms with Crippen LogP contribution in [0, 0.1) is 17.2 Å². The summed E-state index contributed by atoms with van der Waals surface area (Å²) in [6.07, 6.45) is 4.48. The summed E-state index contributed by atoms with van der Waals surface area (Å²) in [6, 6.07) is 2.03. The van der Waals surface area contributed by atoms with Gasteiger partial charge in [0.15, 0.2) is 5.69 Å². The second-order valence-corrected chi connectivity index (χ2v) is 3.96. The molecule has 1 aromatic heterocycles. The van der Waals surface area contributed by atoms with Crippen LogP contribution < -0.4 is 0 Å². The Bertz CT molecular complexity index is 333. The van der Waals surface area contributed by atoms with Crippen molar-refractivity contribution in [3.8, 4) is 6.07 Å². The number of nitrogens with zero attached hydrogens (tertiary/aromatic N) is 3. The molecule has 0 spiro atoms. The zero-order chi connectivity index (χ0) is 8.55.